The van der Waals surface area contributed by atoms with Crippen LogP contribution in [0, 0.1) is 11.8 Å². The Labute approximate surface area is 161 Å². The van der Waals surface area contributed by atoms with Crippen LogP contribution in [-0.4, -0.2) is 67.9 Å². The highest BCUT2D eigenvalue weighted by molar-refractivity contribution is 5.69. The van der Waals surface area contributed by atoms with E-state index in [1.54, 1.807) is 0 Å². The van der Waals surface area contributed by atoms with Crippen molar-refractivity contribution in [3.63, 3.8) is 0 Å². The first-order valence-electron chi connectivity index (χ1n) is 8.79. The average molecular weight is 403 g/mol. The highest BCUT2D eigenvalue weighted by Crippen LogP contribution is 2.57. The number of fused-ring (bicyclic) bond motifs is 1. The molecule has 2 fully saturated rings. The standard InChI is InChI=1S/C17H25NO10/c1-8(19)24-7-12-14(25-9(2)20)15(26-10(3)21)13-16(23-6-5-18)28-17(12,13)27-11(4)22/h12-16H,5-7,18H2,1-4H3/t12?,13?,14-,15?,16+,17?/m1/s1. The molecule has 2 rings (SSSR count). The van der Waals surface area contributed by atoms with Crippen molar-refractivity contribution in [3.8, 4) is 0 Å². The largest absolute Gasteiger partial charge is 0.465 e. The van der Waals surface area contributed by atoms with Gasteiger partial charge in [-0.15, -0.1) is 0 Å². The van der Waals surface area contributed by atoms with Gasteiger partial charge in [-0.05, 0) is 0 Å². The molecule has 1 heterocycles. The van der Waals surface area contributed by atoms with Crippen LogP contribution in [0.15, 0.2) is 0 Å². The summed E-state index contributed by atoms with van der Waals surface area (Å²) in [5, 5.41) is 0. The topological polar surface area (TPSA) is 150 Å². The van der Waals surface area contributed by atoms with Gasteiger partial charge in [0.2, 0.25) is 5.79 Å². The minimum absolute atomic E-state index is 0.136. The van der Waals surface area contributed by atoms with E-state index >= 15 is 0 Å². The first-order chi connectivity index (χ1) is 13.1. The summed E-state index contributed by atoms with van der Waals surface area (Å²) < 4.78 is 32.5. The molecule has 0 aromatic carbocycles. The minimum Gasteiger partial charge on any atom is -0.465 e. The Hall–Kier alpha value is -2.24. The van der Waals surface area contributed by atoms with Crippen molar-refractivity contribution in [2.45, 2.75) is 52.0 Å². The maximum atomic E-state index is 11.8. The molecule has 1 aliphatic heterocycles. The molecule has 0 aromatic rings. The molecule has 1 saturated carbocycles. The smallest absolute Gasteiger partial charge is 0.305 e. The predicted octanol–water partition coefficient (Wildman–Crippen LogP) is -0.750. The van der Waals surface area contributed by atoms with Crippen molar-refractivity contribution in [1.82, 2.24) is 0 Å². The van der Waals surface area contributed by atoms with E-state index < -0.39 is 60.0 Å². The molecule has 0 bridgehead atoms. The van der Waals surface area contributed by atoms with E-state index in [2.05, 4.69) is 0 Å². The molecule has 11 heteroatoms. The monoisotopic (exact) mass is 403 g/mol. The molecule has 158 valence electrons. The molecule has 0 amide bonds. The van der Waals surface area contributed by atoms with Gasteiger partial charge in [-0.2, -0.15) is 0 Å². The molecule has 28 heavy (non-hydrogen) atoms. The predicted molar refractivity (Wildman–Crippen MR) is 89.1 cm³/mol. The molecule has 2 N–H and O–H groups in total. The Morgan fingerprint density at radius 3 is 2.04 bits per heavy atom. The van der Waals surface area contributed by atoms with E-state index in [1.165, 1.54) is 27.7 Å². The van der Waals surface area contributed by atoms with Gasteiger partial charge < -0.3 is 34.2 Å². The maximum absolute atomic E-state index is 11.8. The summed E-state index contributed by atoms with van der Waals surface area (Å²) in [5.41, 5.74) is 5.45. The second-order valence-electron chi connectivity index (χ2n) is 6.54. The summed E-state index contributed by atoms with van der Waals surface area (Å²) in [6, 6.07) is 0. The van der Waals surface area contributed by atoms with Crippen LogP contribution in [0.2, 0.25) is 0 Å². The number of rotatable bonds is 8. The molecular formula is C17H25NO10. The van der Waals surface area contributed by atoms with Gasteiger partial charge in [0.15, 0.2) is 18.5 Å². The van der Waals surface area contributed by atoms with Gasteiger partial charge >= 0.3 is 23.9 Å². The minimum atomic E-state index is -1.65. The zero-order valence-corrected chi connectivity index (χ0v) is 16.2. The van der Waals surface area contributed by atoms with Crippen molar-refractivity contribution in [2.75, 3.05) is 19.8 Å². The van der Waals surface area contributed by atoms with Gasteiger partial charge in [-0.3, -0.25) is 19.2 Å². The zero-order chi connectivity index (χ0) is 21.1. The van der Waals surface area contributed by atoms with Crippen molar-refractivity contribution >= 4 is 23.9 Å². The summed E-state index contributed by atoms with van der Waals surface area (Å²) in [5.74, 6) is -5.97. The van der Waals surface area contributed by atoms with E-state index in [9.17, 15) is 19.2 Å². The average Bonchev–Trinajstić information content (AvgIpc) is 2.70. The van der Waals surface area contributed by atoms with Gasteiger partial charge in [0.1, 0.15) is 18.4 Å². The molecule has 1 saturated heterocycles. The van der Waals surface area contributed by atoms with E-state index in [4.69, 9.17) is 34.2 Å². The van der Waals surface area contributed by atoms with Crippen LogP contribution >= 0.6 is 0 Å². The molecule has 2 aliphatic rings. The lowest BCUT2D eigenvalue weighted by Gasteiger charge is -2.51. The lowest BCUT2D eigenvalue weighted by molar-refractivity contribution is -0.436. The second kappa shape index (κ2) is 8.84. The maximum Gasteiger partial charge on any atom is 0.305 e. The van der Waals surface area contributed by atoms with E-state index in [1.807, 2.05) is 0 Å². The van der Waals surface area contributed by atoms with Crippen LogP contribution in [0.25, 0.3) is 0 Å². The van der Waals surface area contributed by atoms with E-state index in [-0.39, 0.29) is 19.8 Å². The third-order valence-corrected chi connectivity index (χ3v) is 4.42. The van der Waals surface area contributed by atoms with Gasteiger partial charge in [-0.25, -0.2) is 0 Å². The summed E-state index contributed by atoms with van der Waals surface area (Å²) >= 11 is 0. The molecule has 0 aromatic heterocycles. The molecule has 4 unspecified atom stereocenters. The van der Waals surface area contributed by atoms with Crippen molar-refractivity contribution in [3.05, 3.63) is 0 Å². The number of nitrogens with two attached hydrogens (primary N) is 1. The zero-order valence-electron chi connectivity index (χ0n) is 16.2. The van der Waals surface area contributed by atoms with E-state index in [0.717, 1.165) is 0 Å². The number of hydrogen-bond acceptors (Lipinski definition) is 11. The third kappa shape index (κ3) is 4.42. The van der Waals surface area contributed by atoms with Crippen LogP contribution in [0.5, 0.6) is 0 Å². The number of carbonyl (C=O) groups is 4. The highest BCUT2D eigenvalue weighted by Gasteiger charge is 2.77. The first-order valence-corrected chi connectivity index (χ1v) is 8.79. The van der Waals surface area contributed by atoms with Crippen molar-refractivity contribution in [2.24, 2.45) is 17.6 Å². The summed E-state index contributed by atoms with van der Waals surface area (Å²) in [6.07, 6.45) is -3.05. The lowest BCUT2D eigenvalue weighted by atomic mass is 9.88. The fourth-order valence-electron chi connectivity index (χ4n) is 3.64. The quantitative estimate of drug-likeness (QED) is 0.403. The summed E-state index contributed by atoms with van der Waals surface area (Å²) in [7, 11) is 0. The van der Waals surface area contributed by atoms with E-state index in [0.29, 0.717) is 0 Å². The summed E-state index contributed by atoms with van der Waals surface area (Å²) in [6.45, 7) is 4.78. The number of carbonyl (C=O) groups excluding carboxylic acids is 4. The molecule has 0 radical (unpaired) electrons. The molecule has 1 aliphatic carbocycles. The second-order valence-corrected chi connectivity index (χ2v) is 6.54. The Balaban J connectivity index is 2.44. The van der Waals surface area contributed by atoms with Crippen LogP contribution < -0.4 is 5.73 Å². The summed E-state index contributed by atoms with van der Waals surface area (Å²) in [4.78, 5) is 46.4. The van der Waals surface area contributed by atoms with Crippen LogP contribution in [0.4, 0.5) is 0 Å². The number of ether oxygens (including phenoxy) is 6. The Morgan fingerprint density at radius 2 is 1.54 bits per heavy atom. The fourth-order valence-corrected chi connectivity index (χ4v) is 3.64. The normalized spacial score (nSPS) is 33.2. The lowest BCUT2D eigenvalue weighted by Crippen LogP contribution is -2.66. The van der Waals surface area contributed by atoms with Crippen LogP contribution in [0.3, 0.4) is 0 Å². The number of hydrogen-bond donors (Lipinski definition) is 1. The Kier molecular flexibility index (Phi) is 6.96. The molecule has 11 nitrogen and oxygen atoms in total. The van der Waals surface area contributed by atoms with Crippen LogP contribution in [-0.2, 0) is 47.6 Å². The first kappa shape index (κ1) is 22.1. The van der Waals surface area contributed by atoms with Crippen molar-refractivity contribution in [1.29, 1.82) is 0 Å². The van der Waals surface area contributed by atoms with Gasteiger partial charge in [0.05, 0.1) is 6.61 Å². The fraction of sp³-hybridized carbons (Fsp3) is 0.765. The van der Waals surface area contributed by atoms with Gasteiger partial charge in [0.25, 0.3) is 0 Å². The molecule has 6 atom stereocenters. The third-order valence-electron chi connectivity index (χ3n) is 4.42. The Bertz CT molecular complexity index is 637. The Morgan fingerprint density at radius 1 is 0.929 bits per heavy atom. The SMILES string of the molecule is CC(=O)OCC1[C@@H](OC(C)=O)C(OC(C)=O)C2[C@@H](OCCN)OC21OC(C)=O. The van der Waals surface area contributed by atoms with Gasteiger partial charge in [-0.1, -0.05) is 0 Å². The van der Waals surface area contributed by atoms with Crippen LogP contribution in [0.1, 0.15) is 27.7 Å². The molecular weight excluding hydrogens is 378 g/mol. The van der Waals surface area contributed by atoms with Crippen molar-refractivity contribution < 1.29 is 47.6 Å². The molecule has 0 spiro atoms. The van der Waals surface area contributed by atoms with Gasteiger partial charge in [0, 0.05) is 34.2 Å². The number of esters is 4. The highest BCUT2D eigenvalue weighted by atomic mass is 16.8.